The standard InChI is InChI=1S/C15H14N2O4S/c1-3-10-9-12(13(18)14(16)21-10)15(17-2)22(19,20)11-7-5-4-6-8-11/h4-9,18H,3,16H2,1H3/b15-12+. The highest BCUT2D eigenvalue weighted by Gasteiger charge is 2.29. The summed E-state index contributed by atoms with van der Waals surface area (Å²) in [6.07, 6.45) is 1.76. The highest BCUT2D eigenvalue weighted by Crippen LogP contribution is 2.31. The second-order valence-electron chi connectivity index (χ2n) is 4.43. The largest absolute Gasteiger partial charge is 0.504 e. The molecule has 114 valence electrons. The minimum absolute atomic E-state index is 0.0298. The third-order valence-electron chi connectivity index (χ3n) is 3.02. The zero-order valence-corrected chi connectivity index (χ0v) is 12.6. The number of benzene rings is 1. The van der Waals surface area contributed by atoms with Crippen molar-refractivity contribution in [3.63, 3.8) is 0 Å². The van der Waals surface area contributed by atoms with Crippen LogP contribution in [0.2, 0.25) is 0 Å². The molecule has 0 bridgehead atoms. The predicted molar refractivity (Wildman–Crippen MR) is 80.6 cm³/mol. The quantitative estimate of drug-likeness (QED) is 0.835. The first-order chi connectivity index (χ1) is 10.4. The Hall–Kier alpha value is -2.72. The van der Waals surface area contributed by atoms with Gasteiger partial charge in [-0.1, -0.05) is 25.1 Å². The van der Waals surface area contributed by atoms with Gasteiger partial charge in [0, 0.05) is 12.0 Å². The van der Waals surface area contributed by atoms with Crippen molar-refractivity contribution < 1.29 is 18.3 Å². The lowest BCUT2D eigenvalue weighted by Gasteiger charge is -2.18. The van der Waals surface area contributed by atoms with Crippen LogP contribution in [0.4, 0.5) is 0 Å². The predicted octanol–water partition coefficient (Wildman–Crippen LogP) is 2.60. The Morgan fingerprint density at radius 3 is 2.55 bits per heavy atom. The van der Waals surface area contributed by atoms with E-state index in [1.165, 1.54) is 18.2 Å². The van der Waals surface area contributed by atoms with Crippen LogP contribution in [0.25, 0.3) is 4.85 Å². The van der Waals surface area contributed by atoms with Gasteiger partial charge in [-0.05, 0) is 18.2 Å². The van der Waals surface area contributed by atoms with Gasteiger partial charge < -0.3 is 15.6 Å². The Morgan fingerprint density at radius 2 is 2.00 bits per heavy atom. The first-order valence-corrected chi connectivity index (χ1v) is 7.89. The number of sulfone groups is 1. The van der Waals surface area contributed by atoms with Crippen molar-refractivity contribution in [1.29, 1.82) is 0 Å². The summed E-state index contributed by atoms with van der Waals surface area (Å²) >= 11 is 0. The maximum Gasteiger partial charge on any atom is 0.294 e. The van der Waals surface area contributed by atoms with Gasteiger partial charge >= 0.3 is 0 Å². The number of nitrogens with zero attached hydrogens (tertiary/aromatic N) is 1. The SMILES string of the molecule is [C-]#[N+]/C(=C1/C=C(CC)OC(N)=C1O)S(=O)(=O)c1ccccc1. The molecule has 0 atom stereocenters. The molecule has 0 radical (unpaired) electrons. The van der Waals surface area contributed by atoms with Gasteiger partial charge in [-0.25, -0.2) is 13.3 Å². The van der Waals surface area contributed by atoms with Crippen molar-refractivity contribution >= 4 is 9.84 Å². The number of hydrogen-bond acceptors (Lipinski definition) is 5. The van der Waals surface area contributed by atoms with Gasteiger partial charge in [-0.15, -0.1) is 0 Å². The van der Waals surface area contributed by atoms with Crippen LogP contribution in [0.15, 0.2) is 69.3 Å². The molecule has 1 aromatic rings. The molecule has 22 heavy (non-hydrogen) atoms. The molecule has 2 rings (SSSR count). The normalized spacial score (nSPS) is 17.4. The molecule has 3 N–H and O–H groups in total. The molecule has 0 fully saturated rings. The summed E-state index contributed by atoms with van der Waals surface area (Å²) in [5.74, 6) is -0.504. The summed E-state index contributed by atoms with van der Waals surface area (Å²) in [5.41, 5.74) is 5.39. The van der Waals surface area contributed by atoms with E-state index in [0.29, 0.717) is 12.2 Å². The minimum atomic E-state index is -4.06. The fourth-order valence-electron chi connectivity index (χ4n) is 1.89. The van der Waals surface area contributed by atoms with Crippen LogP contribution in [0.3, 0.4) is 0 Å². The van der Waals surface area contributed by atoms with E-state index in [9.17, 15) is 13.5 Å². The molecule has 0 spiro atoms. The van der Waals surface area contributed by atoms with Gasteiger partial charge in [0.2, 0.25) is 15.7 Å². The van der Waals surface area contributed by atoms with E-state index in [2.05, 4.69) is 4.85 Å². The Morgan fingerprint density at radius 1 is 1.36 bits per heavy atom. The van der Waals surface area contributed by atoms with Crippen LogP contribution >= 0.6 is 0 Å². The molecule has 1 heterocycles. The number of rotatable bonds is 3. The van der Waals surface area contributed by atoms with Crippen LogP contribution in [0.1, 0.15) is 13.3 Å². The van der Waals surface area contributed by atoms with Crippen molar-refractivity contribution in [3.05, 3.63) is 75.8 Å². The van der Waals surface area contributed by atoms with Crippen LogP contribution < -0.4 is 5.73 Å². The van der Waals surface area contributed by atoms with E-state index in [-0.39, 0.29) is 16.4 Å². The smallest absolute Gasteiger partial charge is 0.294 e. The van der Waals surface area contributed by atoms with Gasteiger partial charge in [0.05, 0.1) is 11.5 Å². The third-order valence-corrected chi connectivity index (χ3v) is 4.74. The number of hydrogen-bond donors (Lipinski definition) is 2. The van der Waals surface area contributed by atoms with E-state index < -0.39 is 20.6 Å². The number of allylic oxidation sites excluding steroid dienone is 2. The minimum Gasteiger partial charge on any atom is -0.504 e. The van der Waals surface area contributed by atoms with Gasteiger partial charge in [-0.3, -0.25) is 0 Å². The summed E-state index contributed by atoms with van der Waals surface area (Å²) in [6.45, 7) is 9.00. The van der Waals surface area contributed by atoms with Crippen molar-refractivity contribution in [1.82, 2.24) is 0 Å². The fraction of sp³-hybridized carbons (Fsp3) is 0.133. The lowest BCUT2D eigenvalue weighted by atomic mass is 10.1. The summed E-state index contributed by atoms with van der Waals surface area (Å²) in [4.78, 5) is 3.08. The maximum absolute atomic E-state index is 12.6. The molecule has 0 aliphatic carbocycles. The zero-order valence-electron chi connectivity index (χ0n) is 11.8. The van der Waals surface area contributed by atoms with Gasteiger partial charge in [0.1, 0.15) is 5.76 Å². The van der Waals surface area contributed by atoms with Crippen molar-refractivity contribution in [2.75, 3.05) is 0 Å². The van der Waals surface area contributed by atoms with Crippen LogP contribution in [0.5, 0.6) is 0 Å². The van der Waals surface area contributed by atoms with E-state index in [1.807, 2.05) is 0 Å². The summed E-state index contributed by atoms with van der Waals surface area (Å²) in [7, 11) is -4.06. The summed E-state index contributed by atoms with van der Waals surface area (Å²) in [5, 5.41) is 9.39. The van der Waals surface area contributed by atoms with E-state index in [0.717, 1.165) is 0 Å². The van der Waals surface area contributed by atoms with Crippen LogP contribution in [0, 0.1) is 6.57 Å². The molecule has 0 saturated carbocycles. The highest BCUT2D eigenvalue weighted by molar-refractivity contribution is 7.95. The highest BCUT2D eigenvalue weighted by atomic mass is 32.2. The number of nitrogens with two attached hydrogens (primary N) is 1. The number of aliphatic hydroxyl groups is 1. The second kappa shape index (κ2) is 5.95. The van der Waals surface area contributed by atoms with Gasteiger partial charge in [-0.2, -0.15) is 0 Å². The molecule has 7 heteroatoms. The van der Waals surface area contributed by atoms with Crippen molar-refractivity contribution in [2.24, 2.45) is 5.73 Å². The summed E-state index contributed by atoms with van der Waals surface area (Å²) < 4.78 is 30.3. The Labute approximate surface area is 128 Å². The molecular weight excluding hydrogens is 304 g/mol. The van der Waals surface area contributed by atoms with Crippen molar-refractivity contribution in [3.8, 4) is 0 Å². The average Bonchev–Trinajstić information content (AvgIpc) is 2.52. The molecule has 0 amide bonds. The van der Waals surface area contributed by atoms with Gasteiger partial charge in [0.25, 0.3) is 5.03 Å². The Kier molecular flexibility index (Phi) is 4.24. The fourth-order valence-corrected chi connectivity index (χ4v) is 3.20. The van der Waals surface area contributed by atoms with Crippen LogP contribution in [-0.4, -0.2) is 13.5 Å². The monoisotopic (exact) mass is 318 g/mol. The number of ether oxygens (including phenoxy) is 1. The Balaban J connectivity index is 2.72. The molecule has 1 aromatic carbocycles. The Bertz CT molecular complexity index is 828. The molecule has 0 aromatic heterocycles. The third kappa shape index (κ3) is 2.69. The average molecular weight is 318 g/mol. The van der Waals surface area contributed by atoms with E-state index in [1.54, 1.807) is 25.1 Å². The second-order valence-corrected chi connectivity index (χ2v) is 6.29. The molecule has 0 unspecified atom stereocenters. The maximum atomic E-state index is 12.6. The molecular formula is C15H14N2O4S. The lowest BCUT2D eigenvalue weighted by Crippen LogP contribution is -2.15. The van der Waals surface area contributed by atoms with Crippen LogP contribution in [-0.2, 0) is 14.6 Å². The molecule has 0 saturated heterocycles. The lowest BCUT2D eigenvalue weighted by molar-refractivity contribution is 0.248. The van der Waals surface area contributed by atoms with E-state index >= 15 is 0 Å². The number of aliphatic hydroxyl groups excluding tert-OH is 1. The first-order valence-electron chi connectivity index (χ1n) is 6.41. The van der Waals surface area contributed by atoms with Gasteiger partial charge in [0.15, 0.2) is 5.76 Å². The van der Waals surface area contributed by atoms with Crippen molar-refractivity contribution in [2.45, 2.75) is 18.2 Å². The molecule has 1 aliphatic heterocycles. The molecule has 1 aliphatic rings. The topological polar surface area (TPSA) is 94.0 Å². The van der Waals surface area contributed by atoms with E-state index in [4.69, 9.17) is 17.0 Å². The summed E-state index contributed by atoms with van der Waals surface area (Å²) in [6, 6.07) is 7.55. The first kappa shape index (κ1) is 15.7. The molecule has 6 nitrogen and oxygen atoms in total. The zero-order chi connectivity index (χ0) is 16.3.